The first-order valence-corrected chi connectivity index (χ1v) is 4.05. The van der Waals surface area contributed by atoms with Crippen molar-refractivity contribution < 1.29 is 9.50 Å². The fourth-order valence-electron chi connectivity index (χ4n) is 1.16. The monoisotopic (exact) mass is 162 g/mol. The number of nitrogens with zero attached hydrogens (tertiary/aromatic N) is 1. The number of alkyl halides is 1. The van der Waals surface area contributed by atoms with E-state index in [0.717, 1.165) is 13.1 Å². The van der Waals surface area contributed by atoms with E-state index in [9.17, 15) is 4.39 Å². The Hall–Kier alpha value is -0.190. The molecule has 0 bridgehead atoms. The minimum atomic E-state index is -0.851. The summed E-state index contributed by atoms with van der Waals surface area (Å²) in [4.78, 5) is 0. The Morgan fingerprint density at radius 3 is 2.64 bits per heavy atom. The van der Waals surface area contributed by atoms with Gasteiger partial charge in [-0.3, -0.25) is 5.43 Å². The lowest BCUT2D eigenvalue weighted by Crippen LogP contribution is -2.40. The summed E-state index contributed by atoms with van der Waals surface area (Å²) in [5.74, 6) is 0. The van der Waals surface area contributed by atoms with Crippen molar-refractivity contribution in [3.8, 4) is 0 Å². The second-order valence-electron chi connectivity index (χ2n) is 2.86. The fraction of sp³-hybridized carbons (Fsp3) is 1.00. The van der Waals surface area contributed by atoms with Crippen LogP contribution in [-0.4, -0.2) is 42.5 Å². The van der Waals surface area contributed by atoms with Gasteiger partial charge in [-0.15, -0.1) is 0 Å². The van der Waals surface area contributed by atoms with E-state index < -0.39 is 12.8 Å². The lowest BCUT2D eigenvalue weighted by Gasteiger charge is -2.17. The van der Waals surface area contributed by atoms with Crippen molar-refractivity contribution in [1.29, 1.82) is 0 Å². The number of hydrazine groups is 1. The quantitative estimate of drug-likeness (QED) is 0.607. The predicted octanol–water partition coefficient (Wildman–Crippen LogP) is -0.0828. The zero-order valence-electron chi connectivity index (χ0n) is 6.59. The van der Waals surface area contributed by atoms with E-state index >= 15 is 0 Å². The minimum Gasteiger partial charge on any atom is -0.389 e. The van der Waals surface area contributed by atoms with Gasteiger partial charge >= 0.3 is 0 Å². The molecule has 0 saturated carbocycles. The van der Waals surface area contributed by atoms with E-state index in [2.05, 4.69) is 5.43 Å². The molecule has 2 N–H and O–H groups in total. The number of rotatable bonds is 4. The van der Waals surface area contributed by atoms with Crippen molar-refractivity contribution in [1.82, 2.24) is 10.4 Å². The number of aliphatic hydroxyl groups excluding tert-OH is 1. The summed E-state index contributed by atoms with van der Waals surface area (Å²) < 4.78 is 11.8. The Morgan fingerprint density at radius 1 is 1.45 bits per heavy atom. The van der Waals surface area contributed by atoms with Gasteiger partial charge < -0.3 is 5.11 Å². The van der Waals surface area contributed by atoms with Crippen molar-refractivity contribution >= 4 is 0 Å². The highest BCUT2D eigenvalue weighted by atomic mass is 19.1. The lowest BCUT2D eigenvalue weighted by atomic mass is 10.4. The number of nitrogens with one attached hydrogen (secondary N) is 1. The minimum absolute atomic E-state index is 0.330. The SMILES string of the molecule is OC(CF)CNN1CCCC1. The van der Waals surface area contributed by atoms with Crippen LogP contribution in [0.2, 0.25) is 0 Å². The maximum Gasteiger partial charge on any atom is 0.117 e. The molecule has 1 aliphatic rings. The topological polar surface area (TPSA) is 35.5 Å². The summed E-state index contributed by atoms with van der Waals surface area (Å²) in [5, 5.41) is 10.9. The molecule has 1 heterocycles. The van der Waals surface area contributed by atoms with Crippen LogP contribution in [0.1, 0.15) is 12.8 Å². The molecule has 11 heavy (non-hydrogen) atoms. The molecule has 0 aliphatic carbocycles. The molecule has 0 spiro atoms. The van der Waals surface area contributed by atoms with Crippen LogP contribution in [-0.2, 0) is 0 Å². The van der Waals surface area contributed by atoms with Gasteiger partial charge in [0.15, 0.2) is 0 Å². The average Bonchev–Trinajstić information content (AvgIpc) is 2.52. The molecule has 0 radical (unpaired) electrons. The van der Waals surface area contributed by atoms with Gasteiger partial charge in [-0.25, -0.2) is 9.40 Å². The number of aliphatic hydroxyl groups is 1. The van der Waals surface area contributed by atoms with Gasteiger partial charge in [0.1, 0.15) is 6.67 Å². The van der Waals surface area contributed by atoms with Crippen LogP contribution in [0.25, 0.3) is 0 Å². The largest absolute Gasteiger partial charge is 0.389 e. The van der Waals surface area contributed by atoms with Gasteiger partial charge in [0.2, 0.25) is 0 Å². The molecule has 1 atom stereocenters. The van der Waals surface area contributed by atoms with Gasteiger partial charge in [0, 0.05) is 19.6 Å². The molecule has 1 fully saturated rings. The third kappa shape index (κ3) is 3.14. The van der Waals surface area contributed by atoms with Crippen molar-refractivity contribution in [2.75, 3.05) is 26.3 Å². The highest BCUT2D eigenvalue weighted by Crippen LogP contribution is 2.03. The van der Waals surface area contributed by atoms with Crippen LogP contribution < -0.4 is 5.43 Å². The summed E-state index contributed by atoms with van der Waals surface area (Å²) in [6, 6.07) is 0. The third-order valence-electron chi connectivity index (χ3n) is 1.83. The number of hydrogen-bond donors (Lipinski definition) is 2. The van der Waals surface area contributed by atoms with E-state index in [1.165, 1.54) is 12.8 Å². The predicted molar refractivity (Wildman–Crippen MR) is 40.8 cm³/mol. The first kappa shape index (κ1) is 8.90. The van der Waals surface area contributed by atoms with Crippen molar-refractivity contribution in [3.63, 3.8) is 0 Å². The third-order valence-corrected chi connectivity index (χ3v) is 1.83. The Labute approximate surface area is 66.2 Å². The lowest BCUT2D eigenvalue weighted by molar-refractivity contribution is 0.105. The summed E-state index contributed by atoms with van der Waals surface area (Å²) in [7, 11) is 0. The van der Waals surface area contributed by atoms with Crippen LogP contribution in [0.3, 0.4) is 0 Å². The molecular weight excluding hydrogens is 147 g/mol. The van der Waals surface area contributed by atoms with E-state index in [0.29, 0.717) is 6.54 Å². The van der Waals surface area contributed by atoms with Crippen molar-refractivity contribution in [2.24, 2.45) is 0 Å². The smallest absolute Gasteiger partial charge is 0.117 e. The van der Waals surface area contributed by atoms with Crippen LogP contribution in [0.15, 0.2) is 0 Å². The molecular formula is C7H15FN2O. The molecule has 0 amide bonds. The van der Waals surface area contributed by atoms with E-state index in [1.54, 1.807) is 0 Å². The van der Waals surface area contributed by atoms with Crippen molar-refractivity contribution in [2.45, 2.75) is 18.9 Å². The van der Waals surface area contributed by atoms with Crippen LogP contribution >= 0.6 is 0 Å². The number of hydrogen-bond acceptors (Lipinski definition) is 3. The Kier molecular flexibility index (Phi) is 3.76. The Morgan fingerprint density at radius 2 is 2.09 bits per heavy atom. The number of halogens is 1. The summed E-state index contributed by atoms with van der Waals surface area (Å²) >= 11 is 0. The molecule has 1 saturated heterocycles. The molecule has 3 nitrogen and oxygen atoms in total. The molecule has 4 heteroatoms. The standard InChI is InChI=1S/C7H15FN2O/c8-5-7(11)6-9-10-3-1-2-4-10/h7,9,11H,1-6H2. The van der Waals surface area contributed by atoms with Crippen LogP contribution in [0.5, 0.6) is 0 Å². The van der Waals surface area contributed by atoms with E-state index in [4.69, 9.17) is 5.11 Å². The van der Waals surface area contributed by atoms with E-state index in [1.807, 2.05) is 5.01 Å². The van der Waals surface area contributed by atoms with Gasteiger partial charge in [-0.1, -0.05) is 0 Å². The average molecular weight is 162 g/mol. The van der Waals surface area contributed by atoms with Gasteiger partial charge in [-0.05, 0) is 12.8 Å². The summed E-state index contributed by atoms with van der Waals surface area (Å²) in [6.45, 7) is 1.69. The molecule has 1 unspecified atom stereocenters. The first-order chi connectivity index (χ1) is 5.33. The van der Waals surface area contributed by atoms with E-state index in [-0.39, 0.29) is 0 Å². The fourth-order valence-corrected chi connectivity index (χ4v) is 1.16. The summed E-state index contributed by atoms with van der Waals surface area (Å²) in [6.07, 6.45) is 1.54. The van der Waals surface area contributed by atoms with Gasteiger partial charge in [-0.2, -0.15) is 0 Å². The molecule has 0 aromatic rings. The van der Waals surface area contributed by atoms with Crippen molar-refractivity contribution in [3.05, 3.63) is 0 Å². The second-order valence-corrected chi connectivity index (χ2v) is 2.86. The maximum absolute atomic E-state index is 11.8. The van der Waals surface area contributed by atoms with Crippen LogP contribution in [0.4, 0.5) is 4.39 Å². The second kappa shape index (κ2) is 4.64. The molecule has 0 aromatic heterocycles. The Balaban J connectivity index is 2.01. The highest BCUT2D eigenvalue weighted by molar-refractivity contribution is 4.63. The van der Waals surface area contributed by atoms with Gasteiger partial charge in [0.05, 0.1) is 6.10 Å². The molecule has 1 rings (SSSR count). The summed E-state index contributed by atoms with van der Waals surface area (Å²) in [5.41, 5.74) is 2.98. The van der Waals surface area contributed by atoms with Crippen LogP contribution in [0, 0.1) is 0 Å². The Bertz CT molecular complexity index is 107. The highest BCUT2D eigenvalue weighted by Gasteiger charge is 2.11. The normalized spacial score (nSPS) is 22.4. The zero-order valence-corrected chi connectivity index (χ0v) is 6.59. The molecule has 66 valence electrons. The first-order valence-electron chi connectivity index (χ1n) is 4.05. The zero-order chi connectivity index (χ0) is 8.10. The molecule has 1 aliphatic heterocycles. The van der Waals surface area contributed by atoms with Gasteiger partial charge in [0.25, 0.3) is 0 Å². The molecule has 0 aromatic carbocycles. The maximum atomic E-state index is 11.8.